The summed E-state index contributed by atoms with van der Waals surface area (Å²) >= 11 is 6.08. The molecule has 1 amide bonds. The third-order valence-corrected chi connectivity index (χ3v) is 4.49. The maximum absolute atomic E-state index is 12.4. The summed E-state index contributed by atoms with van der Waals surface area (Å²) in [5.41, 5.74) is 2.30. The van der Waals surface area contributed by atoms with E-state index >= 15 is 0 Å². The number of methoxy groups -OCH3 is 2. The highest BCUT2D eigenvalue weighted by molar-refractivity contribution is 6.31. The van der Waals surface area contributed by atoms with Gasteiger partial charge in [-0.2, -0.15) is 0 Å². The fraction of sp³-hybridized carbons (Fsp3) is 0.150. The van der Waals surface area contributed by atoms with Crippen molar-refractivity contribution >= 4 is 34.7 Å². The fourth-order valence-corrected chi connectivity index (χ4v) is 2.66. The number of amides is 1. The van der Waals surface area contributed by atoms with Gasteiger partial charge >= 0.3 is 0 Å². The van der Waals surface area contributed by atoms with Crippen molar-refractivity contribution in [3.63, 3.8) is 0 Å². The van der Waals surface area contributed by atoms with Crippen LogP contribution in [0.25, 0.3) is 0 Å². The number of hydrogen-bond donors (Lipinski definition) is 2. The second kappa shape index (κ2) is 8.58. The van der Waals surface area contributed by atoms with Gasteiger partial charge in [-0.25, -0.2) is 0 Å². The molecule has 0 bridgehead atoms. The minimum absolute atomic E-state index is 0.187. The van der Waals surface area contributed by atoms with Crippen LogP contribution in [-0.2, 0) is 0 Å². The lowest BCUT2D eigenvalue weighted by atomic mass is 10.2. The average molecular weight is 399 g/mol. The molecule has 0 unspecified atom stereocenters. The van der Waals surface area contributed by atoms with E-state index in [9.17, 15) is 4.79 Å². The van der Waals surface area contributed by atoms with Gasteiger partial charge in [0.25, 0.3) is 5.91 Å². The molecule has 0 radical (unpaired) electrons. The van der Waals surface area contributed by atoms with Crippen molar-refractivity contribution in [1.29, 1.82) is 0 Å². The molecule has 0 aliphatic rings. The lowest BCUT2D eigenvalue weighted by Gasteiger charge is -2.12. The van der Waals surface area contributed by atoms with Crippen molar-refractivity contribution in [3.05, 3.63) is 64.8 Å². The van der Waals surface area contributed by atoms with E-state index in [1.807, 2.05) is 13.0 Å². The van der Waals surface area contributed by atoms with Crippen LogP contribution in [0.4, 0.5) is 17.2 Å². The van der Waals surface area contributed by atoms with E-state index in [1.165, 1.54) is 0 Å². The second-order valence-corrected chi connectivity index (χ2v) is 6.27. The van der Waals surface area contributed by atoms with Gasteiger partial charge in [0, 0.05) is 16.8 Å². The first-order valence-corrected chi connectivity index (χ1v) is 8.79. The average Bonchev–Trinajstić information content (AvgIpc) is 2.72. The van der Waals surface area contributed by atoms with Gasteiger partial charge in [-0.3, -0.25) is 4.79 Å². The molecule has 2 N–H and O–H groups in total. The number of aromatic nitrogens is 2. The quantitative estimate of drug-likeness (QED) is 0.638. The Hall–Kier alpha value is -3.32. The Kier molecular flexibility index (Phi) is 5.96. The molecule has 0 aliphatic heterocycles. The molecule has 144 valence electrons. The molecule has 0 saturated heterocycles. The molecule has 8 heteroatoms. The Morgan fingerprint density at radius 3 is 2.50 bits per heavy atom. The van der Waals surface area contributed by atoms with Crippen LogP contribution in [0.3, 0.4) is 0 Å². The van der Waals surface area contributed by atoms with E-state index in [1.54, 1.807) is 56.7 Å². The van der Waals surface area contributed by atoms with Gasteiger partial charge in [-0.05, 0) is 48.9 Å². The third kappa shape index (κ3) is 4.32. The lowest BCUT2D eigenvalue weighted by Crippen LogP contribution is -2.15. The monoisotopic (exact) mass is 398 g/mol. The van der Waals surface area contributed by atoms with Crippen LogP contribution >= 0.6 is 11.6 Å². The summed E-state index contributed by atoms with van der Waals surface area (Å²) in [5, 5.41) is 14.5. The van der Waals surface area contributed by atoms with E-state index in [0.717, 1.165) is 5.56 Å². The molecule has 2 aromatic carbocycles. The minimum atomic E-state index is -0.369. The van der Waals surface area contributed by atoms with E-state index in [-0.39, 0.29) is 11.6 Å². The van der Waals surface area contributed by atoms with Gasteiger partial charge in [0.2, 0.25) is 0 Å². The van der Waals surface area contributed by atoms with Crippen LogP contribution in [0, 0.1) is 6.92 Å². The third-order valence-electron chi connectivity index (χ3n) is 4.08. The summed E-state index contributed by atoms with van der Waals surface area (Å²) in [5.74, 6) is 1.38. The first kappa shape index (κ1) is 19.4. The summed E-state index contributed by atoms with van der Waals surface area (Å²) in [7, 11) is 3.15. The Labute approximate surface area is 167 Å². The van der Waals surface area contributed by atoms with Crippen LogP contribution in [-0.4, -0.2) is 30.3 Å². The first-order valence-electron chi connectivity index (χ1n) is 8.41. The number of benzene rings is 2. The normalized spacial score (nSPS) is 10.3. The molecule has 1 heterocycles. The summed E-state index contributed by atoms with van der Waals surface area (Å²) in [6.45, 7) is 1.83. The molecule has 0 spiro atoms. The van der Waals surface area contributed by atoms with Crippen molar-refractivity contribution in [3.8, 4) is 11.5 Å². The van der Waals surface area contributed by atoms with E-state index < -0.39 is 0 Å². The van der Waals surface area contributed by atoms with Crippen LogP contribution in [0.1, 0.15) is 16.1 Å². The zero-order valence-corrected chi connectivity index (χ0v) is 16.4. The van der Waals surface area contributed by atoms with Gasteiger partial charge in [-0.1, -0.05) is 17.7 Å². The molecule has 1 aromatic heterocycles. The van der Waals surface area contributed by atoms with Crippen molar-refractivity contribution in [1.82, 2.24) is 10.2 Å². The number of anilines is 3. The Morgan fingerprint density at radius 2 is 1.82 bits per heavy atom. The highest BCUT2D eigenvalue weighted by Gasteiger charge is 2.12. The van der Waals surface area contributed by atoms with Crippen molar-refractivity contribution in [2.75, 3.05) is 24.9 Å². The van der Waals surface area contributed by atoms with Gasteiger partial charge in [0.05, 0.1) is 19.9 Å². The Bertz CT molecular complexity index is 993. The van der Waals surface area contributed by atoms with Crippen molar-refractivity contribution in [2.45, 2.75) is 6.92 Å². The first-order chi connectivity index (χ1) is 13.5. The molecule has 28 heavy (non-hydrogen) atoms. The van der Waals surface area contributed by atoms with Gasteiger partial charge in [-0.15, -0.1) is 10.2 Å². The predicted molar refractivity (Wildman–Crippen MR) is 109 cm³/mol. The van der Waals surface area contributed by atoms with Crippen LogP contribution in [0.15, 0.2) is 48.5 Å². The van der Waals surface area contributed by atoms with Gasteiger partial charge in [0.1, 0.15) is 11.5 Å². The van der Waals surface area contributed by atoms with Crippen molar-refractivity contribution in [2.24, 2.45) is 0 Å². The minimum Gasteiger partial charge on any atom is -0.497 e. The van der Waals surface area contributed by atoms with E-state index in [2.05, 4.69) is 20.8 Å². The van der Waals surface area contributed by atoms with Crippen LogP contribution in [0.2, 0.25) is 5.02 Å². The van der Waals surface area contributed by atoms with Gasteiger partial charge in [0.15, 0.2) is 11.5 Å². The molecular formula is C20H19ClN4O3. The molecule has 0 fully saturated rings. The summed E-state index contributed by atoms with van der Waals surface area (Å²) in [6, 6.07) is 13.9. The van der Waals surface area contributed by atoms with E-state index in [4.69, 9.17) is 21.1 Å². The number of carbonyl (C=O) groups is 1. The number of ether oxygens (including phenoxy) is 2. The Balaban J connectivity index is 1.73. The maximum Gasteiger partial charge on any atom is 0.276 e. The number of nitrogens with zero attached hydrogens (tertiary/aromatic N) is 2. The molecule has 3 aromatic rings. The summed E-state index contributed by atoms with van der Waals surface area (Å²) in [6.07, 6.45) is 0. The molecule has 0 aliphatic carbocycles. The molecule has 7 nitrogen and oxygen atoms in total. The molecule has 0 atom stereocenters. The fourth-order valence-electron chi connectivity index (χ4n) is 2.49. The zero-order valence-electron chi connectivity index (χ0n) is 15.6. The van der Waals surface area contributed by atoms with Crippen LogP contribution in [0.5, 0.6) is 11.5 Å². The van der Waals surface area contributed by atoms with Crippen LogP contribution < -0.4 is 20.1 Å². The largest absolute Gasteiger partial charge is 0.497 e. The summed E-state index contributed by atoms with van der Waals surface area (Å²) in [4.78, 5) is 12.4. The molecule has 0 saturated carbocycles. The number of halogens is 1. The predicted octanol–water partition coefficient (Wildman–Crippen LogP) is 4.45. The number of hydrogen-bond acceptors (Lipinski definition) is 6. The number of nitrogens with one attached hydrogen (secondary N) is 2. The topological polar surface area (TPSA) is 85.4 Å². The standard InChI is InChI=1S/C20H19ClN4O3/c1-12-14(21)5-4-6-15(12)23-20(26)17-9-10-19(25-24-17)22-16-8-7-13(27-2)11-18(16)28-3/h4-11H,1-3H3,(H,22,25)(H,23,26). The second-order valence-electron chi connectivity index (χ2n) is 5.86. The number of carbonyl (C=O) groups excluding carboxylic acids is 1. The molecule has 3 rings (SSSR count). The number of rotatable bonds is 6. The lowest BCUT2D eigenvalue weighted by molar-refractivity contribution is 0.102. The maximum atomic E-state index is 12.4. The van der Waals surface area contributed by atoms with Crippen molar-refractivity contribution < 1.29 is 14.3 Å². The summed E-state index contributed by atoms with van der Waals surface area (Å²) < 4.78 is 10.5. The smallest absolute Gasteiger partial charge is 0.276 e. The van der Waals surface area contributed by atoms with Gasteiger partial charge < -0.3 is 20.1 Å². The SMILES string of the molecule is COc1ccc(Nc2ccc(C(=O)Nc3cccc(Cl)c3C)nn2)c(OC)c1. The van der Waals surface area contributed by atoms with E-state index in [0.29, 0.717) is 33.7 Å². The highest BCUT2D eigenvalue weighted by atomic mass is 35.5. The zero-order chi connectivity index (χ0) is 20.1. The highest BCUT2D eigenvalue weighted by Crippen LogP contribution is 2.31. The Morgan fingerprint density at radius 1 is 1.00 bits per heavy atom. The molecular weight excluding hydrogens is 380 g/mol.